The van der Waals surface area contributed by atoms with Crippen LogP contribution in [0.5, 0.6) is 0 Å². The molecule has 110 valence electrons. The molecule has 0 radical (unpaired) electrons. The molecule has 0 aliphatic rings. The van der Waals surface area contributed by atoms with E-state index >= 15 is 0 Å². The van der Waals surface area contributed by atoms with E-state index in [0.717, 1.165) is 5.56 Å². The minimum atomic E-state index is -0.526. The summed E-state index contributed by atoms with van der Waals surface area (Å²) in [5.74, 6) is -0.369. The predicted octanol–water partition coefficient (Wildman–Crippen LogP) is 2.68. The summed E-state index contributed by atoms with van der Waals surface area (Å²) in [5, 5.41) is 6.24. The second kappa shape index (κ2) is 7.29. The van der Waals surface area contributed by atoms with Crippen LogP contribution < -0.4 is 10.6 Å². The minimum absolute atomic E-state index is 0.0244. The second-order valence-corrected chi connectivity index (χ2v) is 5.64. The van der Waals surface area contributed by atoms with Crippen LogP contribution in [0, 0.1) is 5.92 Å². The lowest BCUT2D eigenvalue weighted by atomic mass is 10.0. The van der Waals surface area contributed by atoms with Crippen LogP contribution in [-0.4, -0.2) is 17.9 Å². The molecule has 1 aromatic carbocycles. The maximum absolute atomic E-state index is 12.2. The Hall–Kier alpha value is -1.55. The van der Waals surface area contributed by atoms with E-state index in [9.17, 15) is 9.59 Å². The minimum Gasteiger partial charge on any atom is -0.348 e. The lowest BCUT2D eigenvalue weighted by Gasteiger charge is -2.23. The van der Waals surface area contributed by atoms with Gasteiger partial charge in [0.05, 0.1) is 6.04 Å². The number of rotatable bonds is 5. The van der Waals surface area contributed by atoms with Crippen LogP contribution in [-0.2, 0) is 9.59 Å². The van der Waals surface area contributed by atoms with Crippen molar-refractivity contribution < 1.29 is 9.59 Å². The number of carbonyl (C=O) groups is 2. The first-order valence-electron chi connectivity index (χ1n) is 6.64. The molecule has 0 fully saturated rings. The van der Waals surface area contributed by atoms with E-state index in [0.29, 0.717) is 5.02 Å². The molecule has 0 saturated heterocycles. The third-order valence-corrected chi connectivity index (χ3v) is 3.29. The van der Waals surface area contributed by atoms with Crippen molar-refractivity contribution in [2.75, 3.05) is 0 Å². The van der Waals surface area contributed by atoms with Gasteiger partial charge in [0.2, 0.25) is 11.8 Å². The largest absolute Gasteiger partial charge is 0.348 e. The quantitative estimate of drug-likeness (QED) is 0.877. The first-order valence-corrected chi connectivity index (χ1v) is 7.02. The van der Waals surface area contributed by atoms with Gasteiger partial charge in [0.25, 0.3) is 0 Å². The van der Waals surface area contributed by atoms with E-state index < -0.39 is 6.04 Å². The Morgan fingerprint density at radius 3 is 2.05 bits per heavy atom. The van der Waals surface area contributed by atoms with Gasteiger partial charge in [-0.1, -0.05) is 37.6 Å². The summed E-state index contributed by atoms with van der Waals surface area (Å²) in [5.41, 5.74) is 0.966. The van der Waals surface area contributed by atoms with E-state index in [2.05, 4.69) is 10.6 Å². The number of benzene rings is 1. The van der Waals surface area contributed by atoms with Crippen LogP contribution in [0.2, 0.25) is 5.02 Å². The Kier molecular flexibility index (Phi) is 6.02. The molecule has 2 atom stereocenters. The molecule has 0 aliphatic carbocycles. The fourth-order valence-electron chi connectivity index (χ4n) is 1.89. The molecular weight excluding hydrogens is 276 g/mol. The Labute approximate surface area is 124 Å². The van der Waals surface area contributed by atoms with E-state index in [1.165, 1.54) is 6.92 Å². The van der Waals surface area contributed by atoms with Gasteiger partial charge in [-0.3, -0.25) is 9.59 Å². The monoisotopic (exact) mass is 296 g/mol. The highest BCUT2D eigenvalue weighted by Gasteiger charge is 2.24. The van der Waals surface area contributed by atoms with Gasteiger partial charge in [-0.15, -0.1) is 0 Å². The molecule has 2 N–H and O–H groups in total. The van der Waals surface area contributed by atoms with Crippen molar-refractivity contribution in [3.63, 3.8) is 0 Å². The van der Waals surface area contributed by atoms with Crippen LogP contribution in [0.15, 0.2) is 24.3 Å². The van der Waals surface area contributed by atoms with Gasteiger partial charge in [0.15, 0.2) is 0 Å². The van der Waals surface area contributed by atoms with Crippen LogP contribution in [0.4, 0.5) is 0 Å². The summed E-state index contributed by atoms with van der Waals surface area (Å²) in [4.78, 5) is 23.4. The summed E-state index contributed by atoms with van der Waals surface area (Å²) in [6, 6.07) is 6.64. The molecule has 2 unspecified atom stereocenters. The van der Waals surface area contributed by atoms with Crippen molar-refractivity contribution in [1.29, 1.82) is 0 Å². The predicted molar refractivity (Wildman–Crippen MR) is 80.5 cm³/mol. The molecule has 5 heteroatoms. The molecule has 2 amide bonds. The van der Waals surface area contributed by atoms with Gasteiger partial charge >= 0.3 is 0 Å². The number of hydrogen-bond acceptors (Lipinski definition) is 2. The average molecular weight is 297 g/mol. The molecular formula is C15H21ClN2O2. The van der Waals surface area contributed by atoms with Gasteiger partial charge in [-0.2, -0.15) is 0 Å². The first-order chi connectivity index (χ1) is 9.31. The van der Waals surface area contributed by atoms with Crippen molar-refractivity contribution >= 4 is 23.4 Å². The number of nitrogens with one attached hydrogen (secondary N) is 2. The molecule has 1 rings (SSSR count). The van der Waals surface area contributed by atoms with Crippen LogP contribution in [0.25, 0.3) is 0 Å². The van der Waals surface area contributed by atoms with E-state index in [1.54, 1.807) is 12.1 Å². The second-order valence-electron chi connectivity index (χ2n) is 5.20. The Bertz CT molecular complexity index is 471. The van der Waals surface area contributed by atoms with Gasteiger partial charge in [0, 0.05) is 11.9 Å². The highest BCUT2D eigenvalue weighted by Crippen LogP contribution is 2.16. The van der Waals surface area contributed by atoms with Gasteiger partial charge < -0.3 is 10.6 Å². The highest BCUT2D eigenvalue weighted by atomic mass is 35.5. The first kappa shape index (κ1) is 16.5. The zero-order chi connectivity index (χ0) is 15.3. The van der Waals surface area contributed by atoms with Crippen molar-refractivity contribution in [2.45, 2.75) is 39.8 Å². The normalized spacial score (nSPS) is 13.7. The zero-order valence-electron chi connectivity index (χ0n) is 12.2. The smallest absolute Gasteiger partial charge is 0.243 e. The van der Waals surface area contributed by atoms with Gasteiger partial charge in [-0.05, 0) is 30.5 Å². The van der Waals surface area contributed by atoms with Crippen molar-refractivity contribution in [2.24, 2.45) is 5.92 Å². The van der Waals surface area contributed by atoms with Crippen molar-refractivity contribution in [1.82, 2.24) is 10.6 Å². The molecule has 0 heterocycles. The van der Waals surface area contributed by atoms with Crippen molar-refractivity contribution in [3.8, 4) is 0 Å². The van der Waals surface area contributed by atoms with Gasteiger partial charge in [-0.25, -0.2) is 0 Å². The summed E-state index contributed by atoms with van der Waals surface area (Å²) in [6.07, 6.45) is 0. The number of carbonyl (C=O) groups excluding carboxylic acids is 2. The summed E-state index contributed by atoms with van der Waals surface area (Å²) in [6.45, 7) is 7.10. The number of hydrogen-bond donors (Lipinski definition) is 2. The maximum atomic E-state index is 12.2. The third-order valence-electron chi connectivity index (χ3n) is 3.04. The third kappa shape index (κ3) is 4.85. The van der Waals surface area contributed by atoms with Crippen LogP contribution >= 0.6 is 11.6 Å². The Morgan fingerprint density at radius 2 is 1.60 bits per heavy atom. The highest BCUT2D eigenvalue weighted by molar-refractivity contribution is 6.30. The zero-order valence-corrected chi connectivity index (χ0v) is 13.0. The molecule has 0 spiro atoms. The molecule has 0 bridgehead atoms. The maximum Gasteiger partial charge on any atom is 0.243 e. The van der Waals surface area contributed by atoms with Crippen LogP contribution in [0.3, 0.4) is 0 Å². The van der Waals surface area contributed by atoms with E-state index in [1.807, 2.05) is 32.9 Å². The fraction of sp³-hybridized carbons (Fsp3) is 0.467. The molecule has 0 aliphatic heterocycles. The molecule has 0 aromatic heterocycles. The van der Waals surface area contributed by atoms with Crippen molar-refractivity contribution in [3.05, 3.63) is 34.9 Å². The van der Waals surface area contributed by atoms with Gasteiger partial charge in [0.1, 0.15) is 6.04 Å². The lowest BCUT2D eigenvalue weighted by molar-refractivity contribution is -0.129. The summed E-state index contributed by atoms with van der Waals surface area (Å²) >= 11 is 5.84. The molecule has 4 nitrogen and oxygen atoms in total. The number of halogens is 1. The Balaban J connectivity index is 2.72. The van der Waals surface area contributed by atoms with E-state index in [-0.39, 0.29) is 23.8 Å². The molecule has 1 aromatic rings. The SMILES string of the molecule is CC(=O)NC(C(=O)NC(C)c1ccc(Cl)cc1)C(C)C. The topological polar surface area (TPSA) is 58.2 Å². The number of amides is 2. The molecule has 20 heavy (non-hydrogen) atoms. The van der Waals surface area contributed by atoms with E-state index in [4.69, 9.17) is 11.6 Å². The fourth-order valence-corrected chi connectivity index (χ4v) is 2.02. The lowest BCUT2D eigenvalue weighted by Crippen LogP contribution is -2.49. The standard InChI is InChI=1S/C15H21ClN2O2/c1-9(2)14(18-11(4)19)15(20)17-10(3)12-5-7-13(16)8-6-12/h5-10,14H,1-4H3,(H,17,20)(H,18,19). The summed E-state index contributed by atoms with van der Waals surface area (Å²) in [7, 11) is 0. The average Bonchev–Trinajstić information content (AvgIpc) is 2.35. The molecule has 0 saturated carbocycles. The van der Waals surface area contributed by atoms with Crippen LogP contribution in [0.1, 0.15) is 39.3 Å². The summed E-state index contributed by atoms with van der Waals surface area (Å²) < 4.78 is 0. The Morgan fingerprint density at radius 1 is 1.05 bits per heavy atom.